The van der Waals surface area contributed by atoms with Gasteiger partial charge in [-0.15, -0.1) is 10.2 Å². The van der Waals surface area contributed by atoms with Gasteiger partial charge in [-0.1, -0.05) is 6.92 Å². The Bertz CT molecular complexity index is 275. The van der Waals surface area contributed by atoms with Crippen molar-refractivity contribution in [1.29, 1.82) is 0 Å². The maximum atomic E-state index is 5.92. The van der Waals surface area contributed by atoms with Crippen LogP contribution in [0.5, 0.6) is 0 Å². The molecule has 1 aromatic heterocycles. The Balaban J connectivity index is 2.44. The molecular formula is C9H16ClN3S. The van der Waals surface area contributed by atoms with E-state index in [2.05, 4.69) is 23.4 Å². The molecule has 0 unspecified atom stereocenters. The molecule has 0 fully saturated rings. The van der Waals surface area contributed by atoms with Crippen molar-refractivity contribution in [2.24, 2.45) is 0 Å². The summed E-state index contributed by atoms with van der Waals surface area (Å²) in [5, 5.41) is 8.39. The van der Waals surface area contributed by atoms with Crippen LogP contribution in [0.2, 0.25) is 5.28 Å². The number of nitrogens with zero attached hydrogens (tertiary/aromatic N) is 3. The molecule has 1 aromatic rings. The van der Waals surface area contributed by atoms with Gasteiger partial charge in [0.1, 0.15) is 5.82 Å². The summed E-state index contributed by atoms with van der Waals surface area (Å²) in [5.74, 6) is 2.19. The van der Waals surface area contributed by atoms with Crippen LogP contribution >= 0.6 is 23.4 Å². The van der Waals surface area contributed by atoms with Crippen LogP contribution in [0.25, 0.3) is 0 Å². The third kappa shape index (κ3) is 3.17. The Morgan fingerprint density at radius 1 is 1.36 bits per heavy atom. The highest BCUT2D eigenvalue weighted by molar-refractivity contribution is 7.98. The Hall–Kier alpha value is -0.220. The highest BCUT2D eigenvalue weighted by Gasteiger charge is 2.06. The molecule has 0 amide bonds. The molecular weight excluding hydrogens is 218 g/mol. The highest BCUT2D eigenvalue weighted by atomic mass is 35.5. The molecule has 1 heterocycles. The lowest BCUT2D eigenvalue weighted by molar-refractivity contribution is 0.608. The third-order valence-electron chi connectivity index (χ3n) is 2.08. The van der Waals surface area contributed by atoms with Gasteiger partial charge in [0, 0.05) is 13.0 Å². The van der Waals surface area contributed by atoms with Gasteiger partial charge >= 0.3 is 0 Å². The zero-order valence-electron chi connectivity index (χ0n) is 8.66. The zero-order valence-corrected chi connectivity index (χ0v) is 10.2. The van der Waals surface area contributed by atoms with Crippen LogP contribution in [0.4, 0.5) is 0 Å². The molecule has 0 saturated heterocycles. The minimum Gasteiger partial charge on any atom is -0.302 e. The van der Waals surface area contributed by atoms with Crippen LogP contribution in [0.15, 0.2) is 0 Å². The normalized spacial score (nSPS) is 10.8. The van der Waals surface area contributed by atoms with Gasteiger partial charge in [0.05, 0.1) is 0 Å². The summed E-state index contributed by atoms with van der Waals surface area (Å²) in [6, 6.07) is 0. The van der Waals surface area contributed by atoms with E-state index >= 15 is 0 Å². The second-order valence-corrected chi connectivity index (χ2v) is 4.41. The summed E-state index contributed by atoms with van der Waals surface area (Å²) in [5.41, 5.74) is 0. The van der Waals surface area contributed by atoms with E-state index in [1.54, 1.807) is 0 Å². The number of thioether (sulfide) groups is 1. The molecule has 1 rings (SSSR count). The van der Waals surface area contributed by atoms with E-state index in [0.29, 0.717) is 5.28 Å². The molecule has 80 valence electrons. The van der Waals surface area contributed by atoms with E-state index in [4.69, 9.17) is 11.6 Å². The Kier molecular flexibility index (Phi) is 5.33. The molecule has 0 aromatic carbocycles. The van der Waals surface area contributed by atoms with Crippen LogP contribution in [0, 0.1) is 0 Å². The van der Waals surface area contributed by atoms with E-state index in [1.807, 2.05) is 16.3 Å². The molecule has 0 spiro atoms. The van der Waals surface area contributed by atoms with E-state index in [1.165, 1.54) is 12.2 Å². The summed E-state index contributed by atoms with van der Waals surface area (Å²) in [4.78, 5) is 0. The lowest BCUT2D eigenvalue weighted by Gasteiger charge is -2.05. The number of rotatable bonds is 6. The number of halogens is 1. The summed E-state index contributed by atoms with van der Waals surface area (Å²) >= 11 is 7.80. The number of aromatic nitrogens is 3. The Morgan fingerprint density at radius 2 is 2.14 bits per heavy atom. The van der Waals surface area contributed by atoms with Crippen molar-refractivity contribution in [2.45, 2.75) is 32.7 Å². The Labute approximate surface area is 94.2 Å². The predicted molar refractivity (Wildman–Crippen MR) is 62.0 cm³/mol. The van der Waals surface area contributed by atoms with Gasteiger partial charge in [0.2, 0.25) is 5.28 Å². The average Bonchev–Trinajstić information content (AvgIpc) is 2.55. The predicted octanol–water partition coefficient (Wildman–Crippen LogP) is 2.64. The van der Waals surface area contributed by atoms with Crippen LogP contribution in [-0.2, 0) is 13.0 Å². The molecule has 0 saturated carbocycles. The lowest BCUT2D eigenvalue weighted by Crippen LogP contribution is -2.03. The van der Waals surface area contributed by atoms with Crippen molar-refractivity contribution in [3.63, 3.8) is 0 Å². The third-order valence-corrected chi connectivity index (χ3v) is 3.06. The second kappa shape index (κ2) is 6.30. The van der Waals surface area contributed by atoms with Crippen molar-refractivity contribution >= 4 is 23.4 Å². The first kappa shape index (κ1) is 11.9. The van der Waals surface area contributed by atoms with Crippen LogP contribution in [-0.4, -0.2) is 26.8 Å². The quantitative estimate of drug-likeness (QED) is 0.708. The molecule has 0 N–H and O–H groups in total. The number of hydrogen-bond donors (Lipinski definition) is 0. The van der Waals surface area contributed by atoms with Crippen molar-refractivity contribution < 1.29 is 0 Å². The molecule has 3 nitrogen and oxygen atoms in total. The average molecular weight is 234 g/mol. The minimum atomic E-state index is 0.519. The van der Waals surface area contributed by atoms with Crippen LogP contribution < -0.4 is 0 Å². The molecule has 0 aliphatic rings. The largest absolute Gasteiger partial charge is 0.302 e. The summed E-state index contributed by atoms with van der Waals surface area (Å²) in [7, 11) is 0. The summed E-state index contributed by atoms with van der Waals surface area (Å²) < 4.78 is 2.00. The maximum absolute atomic E-state index is 5.92. The SMILES string of the molecule is CCc1nnc(Cl)n1CCCCSC. The van der Waals surface area contributed by atoms with E-state index in [-0.39, 0.29) is 0 Å². The van der Waals surface area contributed by atoms with Crippen LogP contribution in [0.3, 0.4) is 0 Å². The second-order valence-electron chi connectivity index (χ2n) is 3.09. The number of hydrogen-bond acceptors (Lipinski definition) is 3. The standard InChI is InChI=1S/C9H16ClN3S/c1-3-8-11-12-9(10)13(8)6-4-5-7-14-2/h3-7H2,1-2H3. The summed E-state index contributed by atoms with van der Waals surface area (Å²) in [6.07, 6.45) is 5.38. The molecule has 0 aliphatic carbocycles. The first-order valence-corrected chi connectivity index (χ1v) is 6.63. The van der Waals surface area contributed by atoms with E-state index in [9.17, 15) is 0 Å². The van der Waals surface area contributed by atoms with Gasteiger partial charge in [0.25, 0.3) is 0 Å². The lowest BCUT2D eigenvalue weighted by atomic mass is 10.3. The molecule has 5 heteroatoms. The fraction of sp³-hybridized carbons (Fsp3) is 0.778. The monoisotopic (exact) mass is 233 g/mol. The molecule has 14 heavy (non-hydrogen) atoms. The van der Waals surface area contributed by atoms with Crippen molar-refractivity contribution in [2.75, 3.05) is 12.0 Å². The molecule has 0 atom stereocenters. The van der Waals surface area contributed by atoms with Gasteiger partial charge in [-0.2, -0.15) is 11.8 Å². The smallest absolute Gasteiger partial charge is 0.225 e. The van der Waals surface area contributed by atoms with E-state index < -0.39 is 0 Å². The molecule has 0 aliphatic heterocycles. The zero-order chi connectivity index (χ0) is 10.4. The van der Waals surface area contributed by atoms with Gasteiger partial charge < -0.3 is 4.57 Å². The number of aryl methyl sites for hydroxylation is 1. The minimum absolute atomic E-state index is 0.519. The topological polar surface area (TPSA) is 30.7 Å². The van der Waals surface area contributed by atoms with Crippen molar-refractivity contribution in [3.8, 4) is 0 Å². The van der Waals surface area contributed by atoms with Gasteiger partial charge in [-0.25, -0.2) is 0 Å². The van der Waals surface area contributed by atoms with Crippen LogP contribution in [0.1, 0.15) is 25.6 Å². The first-order valence-electron chi connectivity index (χ1n) is 4.86. The van der Waals surface area contributed by atoms with Crippen molar-refractivity contribution in [1.82, 2.24) is 14.8 Å². The molecule has 0 radical (unpaired) electrons. The first-order chi connectivity index (χ1) is 6.79. The highest BCUT2D eigenvalue weighted by Crippen LogP contribution is 2.11. The fourth-order valence-corrected chi connectivity index (χ4v) is 2.03. The summed E-state index contributed by atoms with van der Waals surface area (Å²) in [6.45, 7) is 3.01. The molecule has 0 bridgehead atoms. The fourth-order valence-electron chi connectivity index (χ4n) is 1.31. The Morgan fingerprint density at radius 3 is 2.79 bits per heavy atom. The van der Waals surface area contributed by atoms with Crippen molar-refractivity contribution in [3.05, 3.63) is 11.1 Å². The maximum Gasteiger partial charge on any atom is 0.225 e. The number of unbranched alkanes of at least 4 members (excludes halogenated alkanes) is 1. The van der Waals surface area contributed by atoms with E-state index in [0.717, 1.165) is 25.2 Å². The van der Waals surface area contributed by atoms with Gasteiger partial charge in [-0.05, 0) is 36.5 Å². The van der Waals surface area contributed by atoms with Gasteiger partial charge in [-0.3, -0.25) is 0 Å². The van der Waals surface area contributed by atoms with Gasteiger partial charge in [0.15, 0.2) is 0 Å².